The van der Waals surface area contributed by atoms with Gasteiger partial charge in [-0.25, -0.2) is 9.78 Å². The number of aliphatic carboxylic acids is 1. The maximum absolute atomic E-state index is 12.8. The molecule has 0 aliphatic carbocycles. The highest BCUT2D eigenvalue weighted by Gasteiger charge is 2.30. The number of thiazole rings is 1. The monoisotopic (exact) mass is 495 g/mol. The molecule has 0 bridgehead atoms. The largest absolute Gasteiger partial charge is 0.482 e. The third-order valence-corrected chi connectivity index (χ3v) is 7.02. The molecule has 0 saturated heterocycles. The van der Waals surface area contributed by atoms with Gasteiger partial charge in [0.25, 0.3) is 0 Å². The molecular formula is C24H24F3NO3S2. The number of rotatable bonds is 10. The summed E-state index contributed by atoms with van der Waals surface area (Å²) in [4.78, 5) is 17.6. The zero-order valence-electron chi connectivity index (χ0n) is 18.2. The predicted octanol–water partition coefficient (Wildman–Crippen LogP) is 6.89. The molecular weight excluding hydrogens is 471 g/mol. The molecule has 0 unspecified atom stereocenters. The first-order chi connectivity index (χ1) is 15.7. The fourth-order valence-corrected chi connectivity index (χ4v) is 5.38. The molecule has 0 atom stereocenters. The van der Waals surface area contributed by atoms with Crippen molar-refractivity contribution in [2.75, 3.05) is 12.4 Å². The lowest BCUT2D eigenvalue weighted by molar-refractivity contribution is -0.139. The Labute approximate surface area is 198 Å². The molecule has 3 aromatic rings. The molecule has 0 aliphatic rings. The van der Waals surface area contributed by atoms with Crippen LogP contribution in [0.2, 0.25) is 0 Å². The van der Waals surface area contributed by atoms with Gasteiger partial charge in [-0.3, -0.25) is 0 Å². The quantitative estimate of drug-likeness (QED) is 0.311. The van der Waals surface area contributed by atoms with Crippen LogP contribution in [0.15, 0.2) is 47.4 Å². The van der Waals surface area contributed by atoms with Gasteiger partial charge in [0.15, 0.2) is 6.61 Å². The summed E-state index contributed by atoms with van der Waals surface area (Å²) in [7, 11) is 0. The van der Waals surface area contributed by atoms with Gasteiger partial charge in [-0.15, -0.1) is 23.1 Å². The summed E-state index contributed by atoms with van der Waals surface area (Å²) < 4.78 is 43.8. The Morgan fingerprint density at radius 1 is 1.15 bits per heavy atom. The van der Waals surface area contributed by atoms with E-state index in [1.54, 1.807) is 29.2 Å². The van der Waals surface area contributed by atoms with E-state index in [9.17, 15) is 18.0 Å². The van der Waals surface area contributed by atoms with E-state index < -0.39 is 17.7 Å². The number of carbonyl (C=O) groups is 1. The molecule has 0 saturated carbocycles. The number of aryl methyl sites for hydroxylation is 3. The fraction of sp³-hybridized carbons (Fsp3) is 0.333. The average Bonchev–Trinajstić information content (AvgIpc) is 3.15. The molecule has 3 rings (SSSR count). The van der Waals surface area contributed by atoms with Crippen LogP contribution in [0, 0.1) is 6.92 Å². The standard InChI is InChI=1S/C24H24F3NO3S2/c1-3-4-21-19(28-23(33-21)16-5-7-17(8-6-16)24(25,26)27)11-12-32-18-9-10-20(15(2)13-18)31-14-22(29)30/h5-10,13H,3-4,11-12,14H2,1-2H3,(H,29,30). The summed E-state index contributed by atoms with van der Waals surface area (Å²) in [6.07, 6.45) is -1.76. The Morgan fingerprint density at radius 2 is 1.88 bits per heavy atom. The first-order valence-electron chi connectivity index (χ1n) is 10.4. The predicted molar refractivity (Wildman–Crippen MR) is 125 cm³/mol. The summed E-state index contributed by atoms with van der Waals surface area (Å²) in [6, 6.07) is 10.8. The smallest absolute Gasteiger partial charge is 0.416 e. The molecule has 1 N–H and O–H groups in total. The zero-order valence-corrected chi connectivity index (χ0v) is 19.9. The highest BCUT2D eigenvalue weighted by molar-refractivity contribution is 7.99. The number of nitrogens with zero attached hydrogens (tertiary/aromatic N) is 1. The van der Waals surface area contributed by atoms with Crippen molar-refractivity contribution in [2.45, 2.75) is 44.2 Å². The maximum atomic E-state index is 12.8. The lowest BCUT2D eigenvalue weighted by Crippen LogP contribution is -2.10. The lowest BCUT2D eigenvalue weighted by atomic mass is 10.1. The molecule has 0 amide bonds. The molecule has 0 spiro atoms. The van der Waals surface area contributed by atoms with Gasteiger partial charge in [0.1, 0.15) is 10.8 Å². The van der Waals surface area contributed by atoms with Gasteiger partial charge in [-0.05, 0) is 49.2 Å². The number of hydrogen-bond acceptors (Lipinski definition) is 5. The van der Waals surface area contributed by atoms with Crippen molar-refractivity contribution in [3.8, 4) is 16.3 Å². The second-order valence-corrected chi connectivity index (χ2v) is 9.67. The van der Waals surface area contributed by atoms with Gasteiger partial charge in [0.05, 0.1) is 11.3 Å². The number of aromatic nitrogens is 1. The van der Waals surface area contributed by atoms with Crippen LogP contribution in [0.5, 0.6) is 5.75 Å². The number of ether oxygens (including phenoxy) is 1. The minimum atomic E-state index is -4.35. The van der Waals surface area contributed by atoms with Gasteiger partial charge < -0.3 is 9.84 Å². The topological polar surface area (TPSA) is 59.4 Å². The van der Waals surface area contributed by atoms with Crippen molar-refractivity contribution in [3.63, 3.8) is 0 Å². The normalized spacial score (nSPS) is 11.5. The van der Waals surface area contributed by atoms with Crippen LogP contribution < -0.4 is 4.74 Å². The summed E-state index contributed by atoms with van der Waals surface area (Å²) in [5.74, 6) is 0.323. The molecule has 2 aromatic carbocycles. The molecule has 0 fully saturated rings. The van der Waals surface area contributed by atoms with Gasteiger partial charge >= 0.3 is 12.1 Å². The maximum Gasteiger partial charge on any atom is 0.416 e. The van der Waals surface area contributed by atoms with Crippen LogP contribution >= 0.6 is 23.1 Å². The van der Waals surface area contributed by atoms with E-state index in [1.807, 2.05) is 19.1 Å². The Balaban J connectivity index is 1.67. The summed E-state index contributed by atoms with van der Waals surface area (Å²) >= 11 is 3.21. The first kappa shape index (κ1) is 25.1. The first-order valence-corrected chi connectivity index (χ1v) is 12.2. The summed E-state index contributed by atoms with van der Waals surface area (Å²) in [5.41, 5.74) is 1.88. The van der Waals surface area contributed by atoms with Gasteiger partial charge in [0, 0.05) is 27.5 Å². The van der Waals surface area contributed by atoms with Crippen LogP contribution in [0.4, 0.5) is 13.2 Å². The number of halogens is 3. The zero-order chi connectivity index (χ0) is 24.0. The Bertz CT molecular complexity index is 1100. The van der Waals surface area contributed by atoms with Crippen LogP contribution in [0.3, 0.4) is 0 Å². The fourth-order valence-electron chi connectivity index (χ4n) is 3.20. The van der Waals surface area contributed by atoms with Crippen LogP contribution in [0.25, 0.3) is 10.6 Å². The third kappa shape index (κ3) is 6.98. The number of benzene rings is 2. The molecule has 1 aromatic heterocycles. The summed E-state index contributed by atoms with van der Waals surface area (Å²) in [6.45, 7) is 3.59. The third-order valence-electron chi connectivity index (χ3n) is 4.82. The van der Waals surface area contributed by atoms with Crippen LogP contribution in [-0.4, -0.2) is 28.4 Å². The number of carboxylic acids is 1. The minimum absolute atomic E-state index is 0.376. The van der Waals surface area contributed by atoms with E-state index in [4.69, 9.17) is 14.8 Å². The minimum Gasteiger partial charge on any atom is -0.482 e. The molecule has 33 heavy (non-hydrogen) atoms. The molecule has 0 radical (unpaired) electrons. The highest BCUT2D eigenvalue weighted by Crippen LogP contribution is 2.34. The van der Waals surface area contributed by atoms with E-state index in [1.165, 1.54) is 17.0 Å². The van der Waals surface area contributed by atoms with Gasteiger partial charge in [-0.2, -0.15) is 13.2 Å². The molecule has 9 heteroatoms. The Morgan fingerprint density at radius 3 is 2.48 bits per heavy atom. The van der Waals surface area contributed by atoms with E-state index in [0.29, 0.717) is 11.3 Å². The van der Waals surface area contributed by atoms with Crippen LogP contribution in [-0.2, 0) is 23.8 Å². The SMILES string of the molecule is CCCc1sc(-c2ccc(C(F)(F)F)cc2)nc1CCSc1ccc(OCC(=O)O)c(C)c1. The number of alkyl halides is 3. The van der Waals surface area contributed by atoms with E-state index >= 15 is 0 Å². The molecule has 1 heterocycles. The van der Waals surface area contributed by atoms with Gasteiger partial charge in [-0.1, -0.05) is 25.5 Å². The average molecular weight is 496 g/mol. The van der Waals surface area contributed by atoms with Crippen molar-refractivity contribution in [1.82, 2.24) is 4.98 Å². The van der Waals surface area contributed by atoms with Crippen molar-refractivity contribution in [1.29, 1.82) is 0 Å². The van der Waals surface area contributed by atoms with E-state index in [-0.39, 0.29) is 6.61 Å². The second kappa shape index (κ2) is 11.1. The van der Waals surface area contributed by atoms with E-state index in [2.05, 4.69) is 6.92 Å². The van der Waals surface area contributed by atoms with Crippen LogP contribution in [0.1, 0.15) is 35.0 Å². The van der Waals surface area contributed by atoms with Crippen molar-refractivity contribution in [3.05, 3.63) is 64.2 Å². The number of hydrogen-bond donors (Lipinski definition) is 1. The Kier molecular flexibility index (Phi) is 8.42. The van der Waals surface area contributed by atoms with E-state index in [0.717, 1.165) is 58.3 Å². The second-order valence-electron chi connectivity index (χ2n) is 7.42. The Hall–Kier alpha value is -2.52. The van der Waals surface area contributed by atoms with Crippen molar-refractivity contribution < 1.29 is 27.8 Å². The molecule has 0 aliphatic heterocycles. The lowest BCUT2D eigenvalue weighted by Gasteiger charge is -2.09. The number of carboxylic acid groups (broad SMARTS) is 1. The van der Waals surface area contributed by atoms with Crippen molar-refractivity contribution >= 4 is 29.1 Å². The molecule has 176 valence electrons. The van der Waals surface area contributed by atoms with Gasteiger partial charge in [0.2, 0.25) is 0 Å². The summed E-state index contributed by atoms with van der Waals surface area (Å²) in [5, 5.41) is 9.48. The van der Waals surface area contributed by atoms with Crippen molar-refractivity contribution in [2.24, 2.45) is 0 Å². The molecule has 4 nitrogen and oxygen atoms in total. The number of thioether (sulfide) groups is 1. The highest BCUT2D eigenvalue weighted by atomic mass is 32.2.